The molecule has 0 aliphatic carbocycles. The van der Waals surface area contributed by atoms with E-state index in [0.717, 1.165) is 24.1 Å². The fourth-order valence-electron chi connectivity index (χ4n) is 4.17. The van der Waals surface area contributed by atoms with Crippen molar-refractivity contribution in [1.29, 1.82) is 0 Å². The van der Waals surface area contributed by atoms with E-state index in [1.165, 1.54) is 5.56 Å². The first kappa shape index (κ1) is 22.1. The summed E-state index contributed by atoms with van der Waals surface area (Å²) >= 11 is 0. The molecule has 1 saturated heterocycles. The molecule has 6 heteroatoms. The van der Waals surface area contributed by atoms with Gasteiger partial charge >= 0.3 is 0 Å². The molecule has 30 heavy (non-hydrogen) atoms. The van der Waals surface area contributed by atoms with Crippen molar-refractivity contribution in [2.24, 2.45) is 11.3 Å². The minimum atomic E-state index is -0.690. The summed E-state index contributed by atoms with van der Waals surface area (Å²) in [6.45, 7) is 9.73. The second-order valence-corrected chi connectivity index (χ2v) is 8.88. The number of nitrogens with zero attached hydrogens (tertiary/aromatic N) is 2. The zero-order valence-corrected chi connectivity index (χ0v) is 18.5. The lowest BCUT2D eigenvalue weighted by atomic mass is 9.75. The summed E-state index contributed by atoms with van der Waals surface area (Å²) in [7, 11) is 0. The lowest BCUT2D eigenvalue weighted by molar-refractivity contribution is -0.142. The highest BCUT2D eigenvalue weighted by Gasteiger charge is 2.44. The summed E-state index contributed by atoms with van der Waals surface area (Å²) in [6, 6.07) is 10.0. The number of piperidine rings is 1. The minimum absolute atomic E-state index is 0.0136. The van der Waals surface area contributed by atoms with E-state index in [1.807, 2.05) is 62.9 Å². The lowest BCUT2D eigenvalue weighted by Crippen LogP contribution is -2.54. The van der Waals surface area contributed by atoms with E-state index in [1.54, 1.807) is 0 Å². The average molecular weight is 412 g/mol. The van der Waals surface area contributed by atoms with Crippen LogP contribution in [-0.2, 0) is 16.0 Å². The van der Waals surface area contributed by atoms with Crippen molar-refractivity contribution in [1.82, 2.24) is 15.4 Å². The van der Waals surface area contributed by atoms with E-state index < -0.39 is 5.41 Å². The molecule has 0 unspecified atom stereocenters. The van der Waals surface area contributed by atoms with Crippen LogP contribution < -0.4 is 5.32 Å². The third-order valence-corrected chi connectivity index (χ3v) is 5.75. The number of rotatable bonds is 7. The molecule has 1 aliphatic heterocycles. The van der Waals surface area contributed by atoms with Crippen LogP contribution in [0.25, 0.3) is 11.3 Å². The highest BCUT2D eigenvalue weighted by atomic mass is 16.5. The maximum Gasteiger partial charge on any atom is 0.228 e. The molecule has 1 atom stereocenters. The van der Waals surface area contributed by atoms with Gasteiger partial charge < -0.3 is 14.7 Å². The maximum atomic E-state index is 13.1. The highest BCUT2D eigenvalue weighted by molar-refractivity contribution is 5.85. The Morgan fingerprint density at radius 1 is 1.27 bits per heavy atom. The summed E-state index contributed by atoms with van der Waals surface area (Å²) in [5.41, 5.74) is 2.25. The molecule has 2 aromatic rings. The van der Waals surface area contributed by atoms with Crippen LogP contribution in [0.15, 0.2) is 34.9 Å². The van der Waals surface area contributed by atoms with Crippen molar-refractivity contribution in [3.05, 3.63) is 41.7 Å². The van der Waals surface area contributed by atoms with Crippen molar-refractivity contribution in [2.45, 2.75) is 53.4 Å². The molecule has 2 amide bonds. The molecule has 1 aliphatic rings. The van der Waals surface area contributed by atoms with Gasteiger partial charge in [-0.3, -0.25) is 9.59 Å². The quantitative estimate of drug-likeness (QED) is 0.748. The normalized spacial score (nSPS) is 19.2. The van der Waals surface area contributed by atoms with Gasteiger partial charge in [0.2, 0.25) is 11.8 Å². The van der Waals surface area contributed by atoms with E-state index in [0.29, 0.717) is 44.2 Å². The number of amides is 2. The van der Waals surface area contributed by atoms with Crippen LogP contribution in [0.4, 0.5) is 0 Å². The number of likely N-dealkylation sites (tertiary alicyclic amines) is 1. The van der Waals surface area contributed by atoms with Crippen molar-refractivity contribution in [3.8, 4) is 11.3 Å². The third-order valence-electron chi connectivity index (χ3n) is 5.75. The summed E-state index contributed by atoms with van der Waals surface area (Å²) < 4.78 is 5.63. The molecule has 6 nitrogen and oxygen atoms in total. The van der Waals surface area contributed by atoms with E-state index in [4.69, 9.17) is 4.52 Å². The first-order chi connectivity index (χ1) is 14.3. The topological polar surface area (TPSA) is 75.4 Å². The van der Waals surface area contributed by atoms with E-state index >= 15 is 0 Å². The number of nitrogens with one attached hydrogen (secondary N) is 1. The van der Waals surface area contributed by atoms with Crippen LogP contribution in [0.3, 0.4) is 0 Å². The Kier molecular flexibility index (Phi) is 6.95. The van der Waals surface area contributed by atoms with Crippen molar-refractivity contribution in [2.75, 3.05) is 19.6 Å². The molecule has 2 heterocycles. The molecule has 1 fully saturated rings. The minimum Gasteiger partial charge on any atom is -0.361 e. The molecule has 1 aromatic carbocycles. The highest BCUT2D eigenvalue weighted by Crippen LogP contribution is 2.35. The number of hydrogen-bond acceptors (Lipinski definition) is 4. The molecular weight excluding hydrogens is 378 g/mol. The third kappa shape index (κ3) is 5.10. The molecular formula is C24H33N3O3. The summed E-state index contributed by atoms with van der Waals surface area (Å²) in [5, 5.41) is 7.21. The number of benzene rings is 1. The van der Waals surface area contributed by atoms with Crippen LogP contribution in [0.2, 0.25) is 0 Å². The van der Waals surface area contributed by atoms with Gasteiger partial charge in [0.25, 0.3) is 0 Å². The van der Waals surface area contributed by atoms with Gasteiger partial charge in [-0.1, -0.05) is 48.8 Å². The molecule has 162 valence electrons. The standard InChI is InChI=1S/C24H33N3O3/c1-5-25-23(29)24(11-6-12-27(16-24)22(28)13-17(2)3)15-20-14-21(26-30-20)19-9-7-18(4)8-10-19/h7-10,14,17H,5-6,11-13,15-16H2,1-4H3,(H,25,29)/t24-/m1/s1. The van der Waals surface area contributed by atoms with Crippen molar-refractivity contribution < 1.29 is 14.1 Å². The van der Waals surface area contributed by atoms with E-state index in [-0.39, 0.29) is 11.8 Å². The van der Waals surface area contributed by atoms with Gasteiger partial charge in [0.15, 0.2) is 0 Å². The monoisotopic (exact) mass is 411 g/mol. The molecule has 0 saturated carbocycles. The second kappa shape index (κ2) is 9.45. The van der Waals surface area contributed by atoms with Crippen LogP contribution in [-0.4, -0.2) is 41.5 Å². The van der Waals surface area contributed by atoms with Gasteiger partial charge in [-0.15, -0.1) is 0 Å². The molecule has 0 radical (unpaired) electrons. The van der Waals surface area contributed by atoms with Crippen LogP contribution in [0.1, 0.15) is 51.4 Å². The average Bonchev–Trinajstić information content (AvgIpc) is 3.16. The smallest absolute Gasteiger partial charge is 0.228 e. The number of carbonyl (C=O) groups excluding carboxylic acids is 2. The van der Waals surface area contributed by atoms with Gasteiger partial charge in [0.05, 0.1) is 5.41 Å². The molecule has 0 spiro atoms. The van der Waals surface area contributed by atoms with E-state index in [9.17, 15) is 9.59 Å². The van der Waals surface area contributed by atoms with Crippen molar-refractivity contribution >= 4 is 11.8 Å². The predicted molar refractivity (Wildman–Crippen MR) is 117 cm³/mol. The SMILES string of the molecule is CCNC(=O)[C@@]1(Cc2cc(-c3ccc(C)cc3)no2)CCCN(C(=O)CC(C)C)C1. The lowest BCUT2D eigenvalue weighted by Gasteiger charge is -2.41. The maximum absolute atomic E-state index is 13.1. The second-order valence-electron chi connectivity index (χ2n) is 8.88. The number of hydrogen-bond donors (Lipinski definition) is 1. The summed E-state index contributed by atoms with van der Waals surface area (Å²) in [5.74, 6) is 1.08. The Morgan fingerprint density at radius 3 is 2.67 bits per heavy atom. The van der Waals surface area contributed by atoms with Gasteiger partial charge in [-0.05, 0) is 32.6 Å². The Hall–Kier alpha value is -2.63. The zero-order valence-electron chi connectivity index (χ0n) is 18.5. The Balaban J connectivity index is 1.83. The number of aryl methyl sites for hydroxylation is 1. The van der Waals surface area contributed by atoms with Crippen molar-refractivity contribution in [3.63, 3.8) is 0 Å². The molecule has 1 N–H and O–H groups in total. The largest absolute Gasteiger partial charge is 0.361 e. The number of carbonyl (C=O) groups is 2. The van der Waals surface area contributed by atoms with Crippen LogP contribution >= 0.6 is 0 Å². The van der Waals surface area contributed by atoms with Gasteiger partial charge in [-0.2, -0.15) is 0 Å². The van der Waals surface area contributed by atoms with Crippen LogP contribution in [0, 0.1) is 18.3 Å². The molecule has 3 rings (SSSR count). The molecule has 1 aromatic heterocycles. The Bertz CT molecular complexity index is 872. The molecule has 0 bridgehead atoms. The first-order valence-corrected chi connectivity index (χ1v) is 10.9. The van der Waals surface area contributed by atoms with Crippen LogP contribution in [0.5, 0.6) is 0 Å². The van der Waals surface area contributed by atoms with Gasteiger partial charge in [0, 0.05) is 44.1 Å². The Morgan fingerprint density at radius 2 is 2.00 bits per heavy atom. The zero-order chi connectivity index (χ0) is 21.7. The fraction of sp³-hybridized carbons (Fsp3) is 0.542. The Labute approximate surface area is 179 Å². The first-order valence-electron chi connectivity index (χ1n) is 10.9. The fourth-order valence-corrected chi connectivity index (χ4v) is 4.17. The predicted octanol–water partition coefficient (Wildman–Crippen LogP) is 3.98. The van der Waals surface area contributed by atoms with Gasteiger partial charge in [-0.25, -0.2) is 0 Å². The summed E-state index contributed by atoms with van der Waals surface area (Å²) in [6.07, 6.45) is 2.47. The number of aromatic nitrogens is 1. The van der Waals surface area contributed by atoms with Gasteiger partial charge in [0.1, 0.15) is 11.5 Å². The summed E-state index contributed by atoms with van der Waals surface area (Å²) in [4.78, 5) is 27.7. The van der Waals surface area contributed by atoms with E-state index in [2.05, 4.69) is 10.5 Å².